The summed E-state index contributed by atoms with van der Waals surface area (Å²) >= 11 is 7.09. The molecule has 4 rings (SSSR count). The fraction of sp³-hybridized carbons (Fsp3) is 0.292. The normalized spacial score (nSPS) is 13.1. The molecule has 0 atom stereocenters. The quantitative estimate of drug-likeness (QED) is 0.400. The molecule has 3 aromatic rings. The predicted octanol–water partition coefficient (Wildman–Crippen LogP) is 4.92. The molecule has 4 N–H and O–H groups in total. The van der Waals surface area contributed by atoms with Crippen molar-refractivity contribution in [3.63, 3.8) is 0 Å². The number of nitrogens with two attached hydrogens (primary N) is 2. The summed E-state index contributed by atoms with van der Waals surface area (Å²) in [4.78, 5) is 29.7. The van der Waals surface area contributed by atoms with E-state index in [1.807, 2.05) is 24.3 Å². The van der Waals surface area contributed by atoms with Crippen LogP contribution in [0.15, 0.2) is 42.5 Å². The standard InChI is InChI=1S/C13H18N2O2.C11H9ClN2OS/c1-17-13(16)11-9-10(5-6-12(11)14)15-7-3-2-4-8-15;1-6-9(10(13)15)16-11(14-6)7-2-4-8(12)5-3-7/h5-6,9H,2-4,7-8,14H2,1H3;2-5H,1H3,(H2,13,15). The first-order chi connectivity index (χ1) is 15.8. The number of aryl methyl sites for hydroxylation is 1. The van der Waals surface area contributed by atoms with Crippen LogP contribution in [0.25, 0.3) is 10.6 Å². The van der Waals surface area contributed by atoms with Gasteiger partial charge >= 0.3 is 5.97 Å². The third-order valence-corrected chi connectivity index (χ3v) is 6.75. The number of primary amides is 1. The van der Waals surface area contributed by atoms with Crippen LogP contribution in [-0.2, 0) is 4.74 Å². The molecule has 2 aromatic carbocycles. The topological polar surface area (TPSA) is 112 Å². The third kappa shape index (κ3) is 6.24. The van der Waals surface area contributed by atoms with Gasteiger partial charge in [-0.2, -0.15) is 0 Å². The van der Waals surface area contributed by atoms with Crippen molar-refractivity contribution >= 4 is 46.2 Å². The van der Waals surface area contributed by atoms with Gasteiger partial charge in [-0.3, -0.25) is 4.79 Å². The Hall–Kier alpha value is -3.10. The van der Waals surface area contributed by atoms with Crippen molar-refractivity contribution in [3.8, 4) is 10.6 Å². The number of methoxy groups -OCH3 is 1. The van der Waals surface area contributed by atoms with Gasteiger partial charge in [-0.05, 0) is 56.5 Å². The van der Waals surface area contributed by atoms with Gasteiger partial charge in [-0.1, -0.05) is 23.7 Å². The van der Waals surface area contributed by atoms with Gasteiger partial charge in [0.15, 0.2) is 0 Å². The van der Waals surface area contributed by atoms with Crippen LogP contribution in [0.1, 0.15) is 45.0 Å². The summed E-state index contributed by atoms with van der Waals surface area (Å²) in [6, 6.07) is 12.9. The number of aromatic nitrogens is 1. The minimum Gasteiger partial charge on any atom is -0.465 e. The molecule has 0 unspecified atom stereocenters. The average Bonchev–Trinajstić information content (AvgIpc) is 3.22. The van der Waals surface area contributed by atoms with Gasteiger partial charge in [0.05, 0.1) is 18.4 Å². The SMILES string of the molecule is COC(=O)c1cc(N2CCCCC2)ccc1N.Cc1nc(-c2ccc(Cl)cc2)sc1C(N)=O. The molecule has 1 fully saturated rings. The third-order valence-electron chi connectivity index (χ3n) is 5.27. The second kappa shape index (κ2) is 11.2. The Labute approximate surface area is 202 Å². The summed E-state index contributed by atoms with van der Waals surface area (Å²) in [6.07, 6.45) is 3.70. The monoisotopic (exact) mass is 486 g/mol. The fourth-order valence-corrected chi connectivity index (χ4v) is 4.57. The summed E-state index contributed by atoms with van der Waals surface area (Å²) in [5, 5.41) is 1.45. The van der Waals surface area contributed by atoms with Crippen molar-refractivity contribution in [2.45, 2.75) is 26.2 Å². The predicted molar refractivity (Wildman–Crippen MR) is 134 cm³/mol. The summed E-state index contributed by atoms with van der Waals surface area (Å²) in [5.74, 6) is -0.809. The van der Waals surface area contributed by atoms with E-state index in [4.69, 9.17) is 27.8 Å². The molecule has 7 nitrogen and oxygen atoms in total. The molecule has 0 bridgehead atoms. The minimum absolute atomic E-state index is 0.374. The summed E-state index contributed by atoms with van der Waals surface area (Å²) in [7, 11) is 1.37. The Bertz CT molecular complexity index is 1130. The maximum Gasteiger partial charge on any atom is 0.340 e. The van der Waals surface area contributed by atoms with E-state index in [9.17, 15) is 9.59 Å². The van der Waals surface area contributed by atoms with Crippen LogP contribution in [0.2, 0.25) is 5.02 Å². The highest BCUT2D eigenvalue weighted by Gasteiger charge is 2.16. The lowest BCUT2D eigenvalue weighted by atomic mass is 10.1. The number of hydrogen-bond donors (Lipinski definition) is 2. The molecule has 0 radical (unpaired) electrons. The van der Waals surface area contributed by atoms with E-state index in [1.165, 1.54) is 37.7 Å². The Morgan fingerprint density at radius 3 is 2.33 bits per heavy atom. The van der Waals surface area contributed by atoms with Gasteiger partial charge in [-0.15, -0.1) is 11.3 Å². The Kier molecular flexibility index (Phi) is 8.30. The van der Waals surface area contributed by atoms with Crippen molar-refractivity contribution < 1.29 is 14.3 Å². The number of carbonyl (C=O) groups is 2. The van der Waals surface area contributed by atoms with Gasteiger partial charge in [-0.25, -0.2) is 9.78 Å². The van der Waals surface area contributed by atoms with E-state index in [0.29, 0.717) is 26.8 Å². The second-order valence-corrected chi connectivity index (χ2v) is 9.05. The average molecular weight is 487 g/mol. The number of nitrogen functional groups attached to an aromatic ring is 1. The number of esters is 1. The number of rotatable bonds is 4. The molecule has 1 amide bonds. The molecule has 174 valence electrons. The lowest BCUT2D eigenvalue weighted by Crippen LogP contribution is -2.29. The molecule has 0 saturated carbocycles. The Morgan fingerprint density at radius 1 is 1.09 bits per heavy atom. The van der Waals surface area contributed by atoms with E-state index in [1.54, 1.807) is 25.1 Å². The first-order valence-electron chi connectivity index (χ1n) is 10.6. The number of carbonyl (C=O) groups excluding carboxylic acids is 2. The second-order valence-electron chi connectivity index (χ2n) is 7.62. The molecule has 0 aliphatic carbocycles. The van der Waals surface area contributed by atoms with Crippen molar-refractivity contribution in [1.29, 1.82) is 0 Å². The highest BCUT2D eigenvalue weighted by molar-refractivity contribution is 7.17. The molecule has 1 aromatic heterocycles. The lowest BCUT2D eigenvalue weighted by molar-refractivity contribution is 0.0602. The first kappa shape index (κ1) is 24.5. The molecule has 9 heteroatoms. The van der Waals surface area contributed by atoms with Crippen molar-refractivity contribution in [2.75, 3.05) is 30.8 Å². The van der Waals surface area contributed by atoms with E-state index in [-0.39, 0.29) is 5.97 Å². The lowest BCUT2D eigenvalue weighted by Gasteiger charge is -2.29. The maximum atomic E-state index is 11.5. The van der Waals surface area contributed by atoms with E-state index in [2.05, 4.69) is 9.88 Å². The smallest absolute Gasteiger partial charge is 0.340 e. The van der Waals surface area contributed by atoms with E-state index < -0.39 is 5.91 Å². The first-order valence-corrected chi connectivity index (χ1v) is 11.8. The van der Waals surface area contributed by atoms with Gasteiger partial charge in [0, 0.05) is 35.1 Å². The van der Waals surface area contributed by atoms with E-state index >= 15 is 0 Å². The van der Waals surface area contributed by atoms with Crippen molar-refractivity contribution in [3.05, 3.63) is 63.6 Å². The van der Waals surface area contributed by atoms with E-state index in [0.717, 1.165) is 29.3 Å². The maximum absolute atomic E-state index is 11.5. The fourth-order valence-electron chi connectivity index (χ4n) is 3.52. The molecular formula is C24H27ClN4O3S. The van der Waals surface area contributed by atoms with Crippen LogP contribution in [0.5, 0.6) is 0 Å². The number of hydrogen-bond acceptors (Lipinski definition) is 7. The Balaban J connectivity index is 0.000000186. The van der Waals surface area contributed by atoms with Crippen LogP contribution >= 0.6 is 22.9 Å². The number of halogens is 1. The molecule has 1 saturated heterocycles. The highest BCUT2D eigenvalue weighted by Crippen LogP contribution is 2.28. The molecule has 2 heterocycles. The van der Waals surface area contributed by atoms with Crippen LogP contribution in [0, 0.1) is 6.92 Å². The summed E-state index contributed by atoms with van der Waals surface area (Å²) < 4.78 is 4.72. The van der Waals surface area contributed by atoms with Crippen LogP contribution < -0.4 is 16.4 Å². The van der Waals surface area contributed by atoms with Crippen LogP contribution in [0.4, 0.5) is 11.4 Å². The van der Waals surface area contributed by atoms with Gasteiger partial charge < -0.3 is 21.1 Å². The molecule has 1 aliphatic rings. The summed E-state index contributed by atoms with van der Waals surface area (Å²) in [6.45, 7) is 3.87. The molecule has 1 aliphatic heterocycles. The van der Waals surface area contributed by atoms with Crippen molar-refractivity contribution in [1.82, 2.24) is 4.98 Å². The van der Waals surface area contributed by atoms with Crippen LogP contribution in [0.3, 0.4) is 0 Å². The zero-order chi connectivity index (χ0) is 24.0. The number of piperidine rings is 1. The van der Waals surface area contributed by atoms with Gasteiger partial charge in [0.25, 0.3) is 5.91 Å². The number of amides is 1. The molecular weight excluding hydrogens is 460 g/mol. The van der Waals surface area contributed by atoms with Gasteiger partial charge in [0.1, 0.15) is 9.88 Å². The highest BCUT2D eigenvalue weighted by atomic mass is 35.5. The Morgan fingerprint density at radius 2 is 1.76 bits per heavy atom. The zero-order valence-corrected chi connectivity index (χ0v) is 20.2. The molecule has 0 spiro atoms. The number of anilines is 2. The summed E-state index contributed by atoms with van der Waals surface area (Å²) in [5.41, 5.74) is 14.6. The van der Waals surface area contributed by atoms with Crippen molar-refractivity contribution in [2.24, 2.45) is 5.73 Å². The number of nitrogens with zero attached hydrogens (tertiary/aromatic N) is 2. The van der Waals surface area contributed by atoms with Gasteiger partial charge in [0.2, 0.25) is 0 Å². The number of benzene rings is 2. The largest absolute Gasteiger partial charge is 0.465 e. The number of ether oxygens (including phenoxy) is 1. The molecule has 33 heavy (non-hydrogen) atoms. The number of thiazole rings is 1. The zero-order valence-electron chi connectivity index (χ0n) is 18.6. The van der Waals surface area contributed by atoms with Crippen LogP contribution in [-0.4, -0.2) is 37.1 Å². The minimum atomic E-state index is -0.435.